The number of carboxylic acids is 1. The highest BCUT2D eigenvalue weighted by atomic mass is 32.2. The number of hydrogen-bond donors (Lipinski definition) is 2. The molecule has 0 aliphatic heterocycles. The molecule has 0 amide bonds. The third-order valence-electron chi connectivity index (χ3n) is 2.11. The third kappa shape index (κ3) is 10.2. The van der Waals surface area contributed by atoms with Crippen LogP contribution in [0.4, 0.5) is 0 Å². The number of rotatable bonds is 10. The summed E-state index contributed by atoms with van der Waals surface area (Å²) in [6, 6.07) is -0.249. The van der Waals surface area contributed by atoms with Crippen molar-refractivity contribution in [3.63, 3.8) is 0 Å². The molecule has 7 heteroatoms. The zero-order chi connectivity index (χ0) is 13.3. The lowest BCUT2D eigenvalue weighted by atomic mass is 10.1. The van der Waals surface area contributed by atoms with Crippen LogP contribution in [0.1, 0.15) is 33.1 Å². The molecule has 2 N–H and O–H groups in total. The molecular formula is C10H21NO5S. The van der Waals surface area contributed by atoms with Crippen LogP contribution in [0, 0.1) is 0 Å². The molecule has 0 aliphatic rings. The lowest BCUT2D eigenvalue weighted by Crippen LogP contribution is -2.35. The fourth-order valence-electron chi connectivity index (χ4n) is 1.30. The standard InChI is InChI=1S/C10H21NO5S/c1-3-16-7-8-17(14,15)11-9(2)5-4-6-10(12)13/h9,11H,3-8H2,1-2H3,(H,12,13). The van der Waals surface area contributed by atoms with E-state index in [2.05, 4.69) is 4.72 Å². The van der Waals surface area contributed by atoms with Gasteiger partial charge in [-0.25, -0.2) is 13.1 Å². The predicted octanol–water partition coefficient (Wildman–Crippen LogP) is 0.586. The molecule has 0 aromatic heterocycles. The van der Waals surface area contributed by atoms with Gasteiger partial charge in [-0.05, 0) is 26.7 Å². The van der Waals surface area contributed by atoms with Crippen LogP contribution in [0.2, 0.25) is 0 Å². The summed E-state index contributed by atoms with van der Waals surface area (Å²) in [5, 5.41) is 8.45. The van der Waals surface area contributed by atoms with E-state index in [1.54, 1.807) is 13.8 Å². The van der Waals surface area contributed by atoms with Crippen molar-refractivity contribution >= 4 is 16.0 Å². The Hall–Kier alpha value is -0.660. The van der Waals surface area contributed by atoms with Crippen molar-refractivity contribution in [3.8, 4) is 0 Å². The highest BCUT2D eigenvalue weighted by molar-refractivity contribution is 7.89. The molecule has 1 atom stereocenters. The number of nitrogens with one attached hydrogen (secondary N) is 1. The smallest absolute Gasteiger partial charge is 0.303 e. The summed E-state index contributed by atoms with van der Waals surface area (Å²) in [6.07, 6.45) is 1.04. The van der Waals surface area contributed by atoms with E-state index < -0.39 is 16.0 Å². The lowest BCUT2D eigenvalue weighted by Gasteiger charge is -2.13. The fraction of sp³-hybridized carbons (Fsp3) is 0.900. The third-order valence-corrected chi connectivity index (χ3v) is 3.57. The zero-order valence-electron chi connectivity index (χ0n) is 10.3. The van der Waals surface area contributed by atoms with Crippen LogP contribution in [0.25, 0.3) is 0 Å². The number of carboxylic acid groups (broad SMARTS) is 1. The number of sulfonamides is 1. The van der Waals surface area contributed by atoms with Crippen LogP contribution >= 0.6 is 0 Å². The molecular weight excluding hydrogens is 246 g/mol. The fourth-order valence-corrected chi connectivity index (χ4v) is 2.48. The Morgan fingerprint density at radius 2 is 2.12 bits per heavy atom. The van der Waals surface area contributed by atoms with Gasteiger partial charge in [0.2, 0.25) is 10.0 Å². The Balaban J connectivity index is 3.84. The van der Waals surface area contributed by atoms with E-state index in [9.17, 15) is 13.2 Å². The average molecular weight is 267 g/mol. The molecule has 0 bridgehead atoms. The van der Waals surface area contributed by atoms with Crippen molar-refractivity contribution in [2.45, 2.75) is 39.2 Å². The molecule has 0 aromatic carbocycles. The monoisotopic (exact) mass is 267 g/mol. The molecule has 102 valence electrons. The molecule has 0 aromatic rings. The Labute approximate surface area is 102 Å². The molecule has 1 unspecified atom stereocenters. The van der Waals surface area contributed by atoms with Gasteiger partial charge in [-0.2, -0.15) is 0 Å². The minimum atomic E-state index is -3.33. The second kappa shape index (κ2) is 8.43. The van der Waals surface area contributed by atoms with Crippen molar-refractivity contribution in [2.75, 3.05) is 19.0 Å². The minimum Gasteiger partial charge on any atom is -0.481 e. The maximum Gasteiger partial charge on any atom is 0.303 e. The highest BCUT2D eigenvalue weighted by Gasteiger charge is 2.14. The largest absolute Gasteiger partial charge is 0.481 e. The normalized spacial score (nSPS) is 13.5. The average Bonchev–Trinajstić information content (AvgIpc) is 2.16. The van der Waals surface area contributed by atoms with E-state index in [0.717, 1.165) is 0 Å². The maximum absolute atomic E-state index is 11.5. The summed E-state index contributed by atoms with van der Waals surface area (Å²) >= 11 is 0. The Kier molecular flexibility index (Phi) is 8.11. The Morgan fingerprint density at radius 3 is 2.65 bits per heavy atom. The number of hydrogen-bond acceptors (Lipinski definition) is 4. The summed E-state index contributed by atoms with van der Waals surface area (Å²) < 4.78 is 30.5. The number of ether oxygens (including phenoxy) is 1. The van der Waals surface area contributed by atoms with Gasteiger partial charge in [0.25, 0.3) is 0 Å². The molecule has 6 nitrogen and oxygen atoms in total. The first kappa shape index (κ1) is 16.3. The quantitative estimate of drug-likeness (QED) is 0.565. The first-order valence-electron chi connectivity index (χ1n) is 5.67. The first-order valence-corrected chi connectivity index (χ1v) is 7.32. The van der Waals surface area contributed by atoms with Crippen LogP contribution in [0.3, 0.4) is 0 Å². The van der Waals surface area contributed by atoms with Crippen LogP contribution in [0.15, 0.2) is 0 Å². The number of aliphatic carboxylic acids is 1. The van der Waals surface area contributed by atoms with E-state index in [1.807, 2.05) is 0 Å². The summed E-state index contributed by atoms with van der Waals surface area (Å²) in [7, 11) is -3.33. The summed E-state index contributed by atoms with van der Waals surface area (Å²) in [4.78, 5) is 10.3. The maximum atomic E-state index is 11.5. The second-order valence-corrected chi connectivity index (χ2v) is 5.69. The van der Waals surface area contributed by atoms with E-state index >= 15 is 0 Å². The van der Waals surface area contributed by atoms with Crippen molar-refractivity contribution in [2.24, 2.45) is 0 Å². The van der Waals surface area contributed by atoms with Gasteiger partial charge in [0.1, 0.15) is 0 Å². The minimum absolute atomic E-state index is 0.0605. The van der Waals surface area contributed by atoms with Crippen LogP contribution < -0.4 is 4.72 Å². The first-order chi connectivity index (χ1) is 7.87. The van der Waals surface area contributed by atoms with E-state index in [4.69, 9.17) is 9.84 Å². The molecule has 17 heavy (non-hydrogen) atoms. The lowest BCUT2D eigenvalue weighted by molar-refractivity contribution is -0.137. The van der Waals surface area contributed by atoms with Gasteiger partial charge in [-0.15, -0.1) is 0 Å². The van der Waals surface area contributed by atoms with Gasteiger partial charge < -0.3 is 9.84 Å². The van der Waals surface area contributed by atoms with Gasteiger partial charge in [0.05, 0.1) is 12.4 Å². The molecule has 0 saturated heterocycles. The van der Waals surface area contributed by atoms with Crippen LogP contribution in [-0.4, -0.2) is 44.5 Å². The topological polar surface area (TPSA) is 92.7 Å². The van der Waals surface area contributed by atoms with Gasteiger partial charge in [0.15, 0.2) is 0 Å². The van der Waals surface area contributed by atoms with Crippen molar-refractivity contribution in [3.05, 3.63) is 0 Å². The molecule has 0 aliphatic carbocycles. The Morgan fingerprint density at radius 1 is 1.47 bits per heavy atom. The highest BCUT2D eigenvalue weighted by Crippen LogP contribution is 2.02. The van der Waals surface area contributed by atoms with Gasteiger partial charge in [-0.1, -0.05) is 0 Å². The molecule has 0 heterocycles. The van der Waals surface area contributed by atoms with E-state index in [-0.39, 0.29) is 24.8 Å². The van der Waals surface area contributed by atoms with Crippen LogP contribution in [0.5, 0.6) is 0 Å². The zero-order valence-corrected chi connectivity index (χ0v) is 11.1. The van der Waals surface area contributed by atoms with Gasteiger partial charge in [-0.3, -0.25) is 4.79 Å². The van der Waals surface area contributed by atoms with Crippen molar-refractivity contribution in [1.29, 1.82) is 0 Å². The predicted molar refractivity (Wildman–Crippen MR) is 64.4 cm³/mol. The molecule has 0 rings (SSSR count). The van der Waals surface area contributed by atoms with E-state index in [1.165, 1.54) is 0 Å². The summed E-state index contributed by atoms with van der Waals surface area (Å²) in [5.74, 6) is -0.930. The molecule has 0 spiro atoms. The molecule has 0 saturated carbocycles. The summed E-state index contributed by atoms with van der Waals surface area (Å²) in [5.41, 5.74) is 0. The van der Waals surface area contributed by atoms with E-state index in [0.29, 0.717) is 19.4 Å². The molecule has 0 radical (unpaired) electrons. The second-order valence-electron chi connectivity index (χ2n) is 3.82. The Bertz CT molecular complexity index is 315. The van der Waals surface area contributed by atoms with Gasteiger partial charge >= 0.3 is 5.97 Å². The van der Waals surface area contributed by atoms with Gasteiger partial charge in [0, 0.05) is 19.1 Å². The SMILES string of the molecule is CCOCCS(=O)(=O)NC(C)CCCC(=O)O. The van der Waals surface area contributed by atoms with Crippen LogP contribution in [-0.2, 0) is 19.6 Å². The molecule has 0 fully saturated rings. The summed E-state index contributed by atoms with van der Waals surface area (Å²) in [6.45, 7) is 4.19. The number of carbonyl (C=O) groups is 1. The van der Waals surface area contributed by atoms with Crippen molar-refractivity contribution < 1.29 is 23.1 Å². The van der Waals surface area contributed by atoms with Crippen molar-refractivity contribution in [1.82, 2.24) is 4.72 Å².